The lowest BCUT2D eigenvalue weighted by Gasteiger charge is -2.55. The summed E-state index contributed by atoms with van der Waals surface area (Å²) < 4.78 is 15.2. The van der Waals surface area contributed by atoms with Gasteiger partial charge in [0.05, 0.1) is 13.7 Å². The van der Waals surface area contributed by atoms with E-state index in [9.17, 15) is 24.3 Å². The molecule has 4 atom stereocenters. The molecule has 12 heteroatoms. The number of carbonyl (C=O) groups is 4. The molecule has 3 saturated heterocycles. The molecule has 11 nitrogen and oxygen atoms in total. The van der Waals surface area contributed by atoms with Crippen LogP contribution in [-0.2, 0) is 30.5 Å². The predicted octanol–water partition coefficient (Wildman–Crippen LogP) is 3.23. The zero-order valence-corrected chi connectivity index (χ0v) is 24.4. The van der Waals surface area contributed by atoms with E-state index in [1.54, 1.807) is 55.6 Å². The van der Waals surface area contributed by atoms with E-state index < -0.39 is 17.6 Å². The summed E-state index contributed by atoms with van der Waals surface area (Å²) in [5.74, 6) is -0.562. The molecule has 0 aromatic heterocycles. The minimum absolute atomic E-state index is 0.00191. The number of rotatable bonds is 7. The quantitative estimate of drug-likeness (QED) is 0.308. The van der Waals surface area contributed by atoms with Gasteiger partial charge in [0.1, 0.15) is 23.8 Å². The maximum absolute atomic E-state index is 12.9. The summed E-state index contributed by atoms with van der Waals surface area (Å²) >= 11 is 1.27. The average molecular weight is 606 g/mol. The molecule has 3 unspecified atom stereocenters. The van der Waals surface area contributed by atoms with E-state index in [1.165, 1.54) is 28.5 Å². The van der Waals surface area contributed by atoms with Gasteiger partial charge in [0.25, 0.3) is 0 Å². The maximum Gasteiger partial charge on any atom is 0.412 e. The first-order chi connectivity index (χ1) is 20.7. The number of thioether (sulfide) groups is 1. The molecule has 3 aliphatic rings. The summed E-state index contributed by atoms with van der Waals surface area (Å²) in [5, 5.41) is 13.2. The standard InChI is InChI=1S/C23H24N2O6S.C8H7NO2/c1-15(26)25(17-6-4-3-5-7-17)19-20(27)24-13-23(29,14-32-21(19)24)22(28)31-12-16-8-10-18(30-2)11-9-16;10-8-9-7(11-8)6-4-2-1-3-5-6/h3-11,19,21,29H,12-14H2,1-2H3;1-5,7H,(H,9,10)/t19?,21-,23?;/m1./s1. The second-order valence-corrected chi connectivity index (χ2v) is 11.2. The van der Waals surface area contributed by atoms with Crippen molar-refractivity contribution in [3.05, 3.63) is 96.1 Å². The van der Waals surface area contributed by atoms with Crippen LogP contribution in [0.3, 0.4) is 0 Å². The lowest BCUT2D eigenvalue weighted by Crippen LogP contribution is -2.75. The van der Waals surface area contributed by atoms with E-state index in [0.717, 1.165) is 11.1 Å². The van der Waals surface area contributed by atoms with Crippen molar-refractivity contribution in [2.24, 2.45) is 0 Å². The molecule has 0 saturated carbocycles. The summed E-state index contributed by atoms with van der Waals surface area (Å²) in [7, 11) is 1.57. The summed E-state index contributed by atoms with van der Waals surface area (Å²) in [6, 6.07) is 24.9. The molecule has 0 aliphatic carbocycles. The molecule has 3 aromatic carbocycles. The van der Waals surface area contributed by atoms with Crippen molar-refractivity contribution in [1.82, 2.24) is 10.2 Å². The molecule has 43 heavy (non-hydrogen) atoms. The molecule has 0 spiro atoms. The number of fused-ring (bicyclic) bond motifs is 1. The van der Waals surface area contributed by atoms with Gasteiger partial charge in [0.15, 0.2) is 5.60 Å². The van der Waals surface area contributed by atoms with Crippen LogP contribution in [-0.4, -0.2) is 70.3 Å². The molecular formula is C31H31N3O8S. The molecule has 224 valence electrons. The first kappa shape index (κ1) is 29.9. The van der Waals surface area contributed by atoms with Gasteiger partial charge >= 0.3 is 12.1 Å². The fraction of sp³-hybridized carbons (Fsp3) is 0.290. The SMILES string of the molecule is COc1ccc(COC(=O)C2(O)CS[C@@H]3C(N(C(C)=O)c4ccccc4)C(=O)N3C2)cc1.O=C1NC(c2ccccc2)O1. The number of benzene rings is 3. The van der Waals surface area contributed by atoms with Gasteiger partial charge in [-0.2, -0.15) is 0 Å². The van der Waals surface area contributed by atoms with E-state index in [1.807, 2.05) is 36.4 Å². The lowest BCUT2D eigenvalue weighted by molar-refractivity contribution is -0.172. The van der Waals surface area contributed by atoms with Crippen molar-refractivity contribution in [3.8, 4) is 5.75 Å². The van der Waals surface area contributed by atoms with Crippen LogP contribution in [0.2, 0.25) is 0 Å². The smallest absolute Gasteiger partial charge is 0.412 e. The van der Waals surface area contributed by atoms with Crippen LogP contribution < -0.4 is 15.0 Å². The molecule has 3 heterocycles. The summed E-state index contributed by atoms with van der Waals surface area (Å²) in [4.78, 5) is 51.1. The Labute approximate surface area is 252 Å². The molecule has 3 amide bonds. The lowest BCUT2D eigenvalue weighted by atomic mass is 9.98. The Bertz CT molecular complexity index is 1470. The third kappa shape index (κ3) is 6.45. The number of cyclic esters (lactones) is 1. The van der Waals surface area contributed by atoms with Crippen molar-refractivity contribution < 1.29 is 38.5 Å². The Morgan fingerprint density at radius 2 is 1.67 bits per heavy atom. The number of carbonyl (C=O) groups excluding carboxylic acids is 4. The average Bonchev–Trinajstić information content (AvgIpc) is 3.02. The molecular weight excluding hydrogens is 574 g/mol. The highest BCUT2D eigenvalue weighted by molar-refractivity contribution is 8.00. The van der Waals surface area contributed by atoms with Crippen molar-refractivity contribution in [1.29, 1.82) is 0 Å². The number of para-hydroxylation sites is 1. The highest BCUT2D eigenvalue weighted by Crippen LogP contribution is 2.42. The Kier molecular flexibility index (Phi) is 8.88. The predicted molar refractivity (Wildman–Crippen MR) is 158 cm³/mol. The largest absolute Gasteiger partial charge is 0.497 e. The van der Waals surface area contributed by atoms with Gasteiger partial charge in [-0.15, -0.1) is 11.8 Å². The number of esters is 1. The fourth-order valence-corrected chi connectivity index (χ4v) is 6.33. The van der Waals surface area contributed by atoms with Crippen LogP contribution >= 0.6 is 11.8 Å². The molecule has 3 fully saturated rings. The van der Waals surface area contributed by atoms with Crippen LogP contribution in [0.4, 0.5) is 10.5 Å². The fourth-order valence-electron chi connectivity index (χ4n) is 4.90. The van der Waals surface area contributed by atoms with E-state index in [4.69, 9.17) is 14.2 Å². The highest BCUT2D eigenvalue weighted by atomic mass is 32.2. The topological polar surface area (TPSA) is 135 Å². The van der Waals surface area contributed by atoms with Crippen LogP contribution in [0.25, 0.3) is 0 Å². The van der Waals surface area contributed by atoms with Crippen molar-refractivity contribution >= 4 is 41.3 Å². The van der Waals surface area contributed by atoms with Gasteiger partial charge in [0, 0.05) is 23.9 Å². The van der Waals surface area contributed by atoms with Crippen LogP contribution in [0.1, 0.15) is 24.3 Å². The van der Waals surface area contributed by atoms with Gasteiger partial charge < -0.3 is 24.2 Å². The minimum Gasteiger partial charge on any atom is -0.497 e. The van der Waals surface area contributed by atoms with E-state index in [-0.39, 0.29) is 48.4 Å². The molecule has 2 N–H and O–H groups in total. The molecule has 3 aliphatic heterocycles. The number of nitrogens with one attached hydrogen (secondary N) is 1. The van der Waals surface area contributed by atoms with Crippen LogP contribution in [0, 0.1) is 0 Å². The first-order valence-electron chi connectivity index (χ1n) is 13.5. The Hall–Kier alpha value is -4.55. The zero-order chi connectivity index (χ0) is 30.6. The molecule has 0 radical (unpaired) electrons. The van der Waals surface area contributed by atoms with Crippen molar-refractivity contribution in [3.63, 3.8) is 0 Å². The van der Waals surface area contributed by atoms with Crippen LogP contribution in [0.5, 0.6) is 5.75 Å². The summed E-state index contributed by atoms with van der Waals surface area (Å²) in [6.45, 7) is 1.26. The third-order valence-electron chi connectivity index (χ3n) is 7.18. The van der Waals surface area contributed by atoms with Gasteiger partial charge in [-0.1, -0.05) is 60.7 Å². The van der Waals surface area contributed by atoms with Crippen molar-refractivity contribution in [2.75, 3.05) is 24.3 Å². The third-order valence-corrected chi connectivity index (χ3v) is 8.67. The first-order valence-corrected chi connectivity index (χ1v) is 14.6. The second-order valence-electron chi connectivity index (χ2n) is 10.1. The number of anilines is 1. The Balaban J connectivity index is 0.000000279. The zero-order valence-electron chi connectivity index (χ0n) is 23.5. The number of methoxy groups -OCH3 is 1. The van der Waals surface area contributed by atoms with Gasteiger partial charge in [-0.3, -0.25) is 19.8 Å². The van der Waals surface area contributed by atoms with E-state index in [2.05, 4.69) is 5.32 Å². The van der Waals surface area contributed by atoms with Crippen LogP contribution in [0.15, 0.2) is 84.9 Å². The minimum atomic E-state index is -1.80. The molecule has 6 rings (SSSR count). The monoisotopic (exact) mass is 605 g/mol. The Morgan fingerprint density at radius 3 is 2.26 bits per heavy atom. The Morgan fingerprint density at radius 1 is 1.05 bits per heavy atom. The molecule has 3 aromatic rings. The van der Waals surface area contributed by atoms with Gasteiger partial charge in [0.2, 0.25) is 18.0 Å². The number of ether oxygens (including phenoxy) is 3. The van der Waals surface area contributed by atoms with Gasteiger partial charge in [-0.25, -0.2) is 9.59 Å². The van der Waals surface area contributed by atoms with E-state index >= 15 is 0 Å². The summed E-state index contributed by atoms with van der Waals surface area (Å²) in [6.07, 6.45) is -0.581. The maximum atomic E-state index is 12.9. The summed E-state index contributed by atoms with van der Waals surface area (Å²) in [5.41, 5.74) is 0.566. The normalized spacial score (nSPS) is 23.5. The number of β-lactam (4-membered cyclic amide) rings is 1. The number of nitrogens with zero attached hydrogens (tertiary/aromatic N) is 2. The van der Waals surface area contributed by atoms with Gasteiger partial charge in [-0.05, 0) is 29.8 Å². The highest BCUT2D eigenvalue weighted by Gasteiger charge is 2.59. The second kappa shape index (κ2) is 12.8. The van der Waals surface area contributed by atoms with E-state index in [0.29, 0.717) is 11.4 Å². The molecule has 0 bridgehead atoms. The number of aliphatic hydroxyl groups is 1. The van der Waals surface area contributed by atoms with Crippen molar-refractivity contribution in [2.45, 2.75) is 36.8 Å². The number of amides is 3. The number of hydrogen-bond donors (Lipinski definition) is 2. The number of hydrogen-bond acceptors (Lipinski definition) is 9.